The minimum Gasteiger partial charge on any atom is -0.375 e. The molecule has 3 aromatic heterocycles. The SMILES string of the molecule is Cc1ncc(C#Cc2ccc(N3CCO[C@H](C)C3)cn2)c2cc(NC(=O)[C@@H]3C[C@@H]3F)ncc12. The average molecular weight is 445 g/mol. The Kier molecular flexibility index (Phi) is 5.65. The van der Waals surface area contributed by atoms with E-state index < -0.39 is 12.1 Å². The zero-order valence-corrected chi connectivity index (χ0v) is 18.5. The van der Waals surface area contributed by atoms with Crippen LogP contribution in [0.1, 0.15) is 30.3 Å². The number of aryl methyl sites for hydroxylation is 1. The lowest BCUT2D eigenvalue weighted by Gasteiger charge is -2.32. The number of amides is 1. The van der Waals surface area contributed by atoms with Gasteiger partial charge in [-0.05, 0) is 44.4 Å². The van der Waals surface area contributed by atoms with Gasteiger partial charge in [0.2, 0.25) is 5.91 Å². The van der Waals surface area contributed by atoms with Gasteiger partial charge < -0.3 is 15.0 Å². The maximum absolute atomic E-state index is 13.2. The predicted molar refractivity (Wildman–Crippen MR) is 124 cm³/mol. The number of fused-ring (bicyclic) bond motifs is 1. The van der Waals surface area contributed by atoms with Gasteiger partial charge in [0.05, 0.1) is 36.1 Å². The van der Waals surface area contributed by atoms with Crippen LogP contribution in [0.4, 0.5) is 15.9 Å². The number of hydrogen-bond acceptors (Lipinski definition) is 6. The molecule has 0 unspecified atom stereocenters. The molecule has 33 heavy (non-hydrogen) atoms. The molecule has 5 rings (SSSR count). The van der Waals surface area contributed by atoms with Crippen LogP contribution >= 0.6 is 0 Å². The van der Waals surface area contributed by atoms with Crippen LogP contribution in [0.2, 0.25) is 0 Å². The van der Waals surface area contributed by atoms with Crippen molar-refractivity contribution in [1.29, 1.82) is 0 Å². The first-order chi connectivity index (χ1) is 16.0. The summed E-state index contributed by atoms with van der Waals surface area (Å²) in [5.41, 5.74) is 3.22. The van der Waals surface area contributed by atoms with E-state index in [2.05, 4.69) is 43.9 Å². The molecule has 1 saturated carbocycles. The minimum absolute atomic E-state index is 0.201. The molecule has 1 N–H and O–H groups in total. The third-order valence-electron chi connectivity index (χ3n) is 5.95. The molecule has 1 saturated heterocycles. The minimum atomic E-state index is -1.05. The van der Waals surface area contributed by atoms with E-state index in [0.717, 1.165) is 35.2 Å². The summed E-state index contributed by atoms with van der Waals surface area (Å²) >= 11 is 0. The van der Waals surface area contributed by atoms with Crippen molar-refractivity contribution in [2.24, 2.45) is 5.92 Å². The van der Waals surface area contributed by atoms with Crippen molar-refractivity contribution in [2.75, 3.05) is 29.9 Å². The van der Waals surface area contributed by atoms with Crippen molar-refractivity contribution < 1.29 is 13.9 Å². The number of alkyl halides is 1. The Morgan fingerprint density at radius 1 is 1.18 bits per heavy atom. The molecule has 1 aliphatic carbocycles. The van der Waals surface area contributed by atoms with Crippen LogP contribution < -0.4 is 10.2 Å². The van der Waals surface area contributed by atoms with E-state index in [4.69, 9.17) is 4.74 Å². The lowest BCUT2D eigenvalue weighted by molar-refractivity contribution is -0.117. The average Bonchev–Trinajstić information content (AvgIpc) is 3.56. The number of pyridine rings is 3. The number of rotatable bonds is 3. The maximum atomic E-state index is 13.2. The zero-order valence-electron chi connectivity index (χ0n) is 18.5. The molecule has 3 aromatic rings. The first-order valence-electron chi connectivity index (χ1n) is 11.0. The Hall–Kier alpha value is -3.57. The molecule has 2 fully saturated rings. The highest BCUT2D eigenvalue weighted by atomic mass is 19.1. The summed E-state index contributed by atoms with van der Waals surface area (Å²) in [6.07, 6.45) is 4.63. The molecule has 0 spiro atoms. The van der Waals surface area contributed by atoms with E-state index in [9.17, 15) is 9.18 Å². The van der Waals surface area contributed by atoms with Gasteiger partial charge in [0, 0.05) is 41.9 Å². The molecule has 168 valence electrons. The smallest absolute Gasteiger partial charge is 0.231 e. The van der Waals surface area contributed by atoms with Gasteiger partial charge in [-0.2, -0.15) is 0 Å². The Balaban J connectivity index is 1.39. The molecule has 8 heteroatoms. The van der Waals surface area contributed by atoms with E-state index in [1.165, 1.54) is 0 Å². The van der Waals surface area contributed by atoms with Crippen molar-refractivity contribution in [1.82, 2.24) is 15.0 Å². The third kappa shape index (κ3) is 4.64. The highest BCUT2D eigenvalue weighted by molar-refractivity contribution is 5.97. The number of aromatic nitrogens is 3. The summed E-state index contributed by atoms with van der Waals surface area (Å²) in [7, 11) is 0. The standard InChI is InChI=1S/C25H24FN5O2/c1-15-14-31(7-8-33-15)19-6-5-18(28-12-19)4-3-17-11-27-16(2)22-13-29-24(10-20(17)22)30-25(32)21-9-23(21)26/h5-6,10-13,15,21,23H,7-9,14H2,1-2H3,(H,29,30,32)/t15-,21-,23+/m1/s1. The molecule has 0 radical (unpaired) electrons. The fourth-order valence-electron chi connectivity index (χ4n) is 3.92. The number of hydrogen-bond donors (Lipinski definition) is 1. The lowest BCUT2D eigenvalue weighted by Crippen LogP contribution is -2.41. The zero-order chi connectivity index (χ0) is 22.9. The maximum Gasteiger partial charge on any atom is 0.231 e. The van der Waals surface area contributed by atoms with E-state index in [0.29, 0.717) is 23.7 Å². The van der Waals surface area contributed by atoms with Crippen LogP contribution in [0.5, 0.6) is 0 Å². The largest absolute Gasteiger partial charge is 0.375 e. The molecule has 1 aliphatic heterocycles. The Bertz CT molecular complexity index is 1270. The molecular weight excluding hydrogens is 421 g/mol. The van der Waals surface area contributed by atoms with Crippen LogP contribution in [0, 0.1) is 24.7 Å². The lowest BCUT2D eigenvalue weighted by atomic mass is 10.1. The molecule has 0 bridgehead atoms. The third-order valence-corrected chi connectivity index (χ3v) is 5.95. The molecular formula is C25H24FN5O2. The summed E-state index contributed by atoms with van der Waals surface area (Å²) in [4.78, 5) is 27.6. The van der Waals surface area contributed by atoms with Gasteiger partial charge in [-0.3, -0.25) is 9.78 Å². The fraction of sp³-hybridized carbons (Fsp3) is 0.360. The summed E-state index contributed by atoms with van der Waals surface area (Å²) < 4.78 is 18.8. The van der Waals surface area contributed by atoms with Gasteiger partial charge >= 0.3 is 0 Å². The second-order valence-electron chi connectivity index (χ2n) is 8.50. The summed E-state index contributed by atoms with van der Waals surface area (Å²) in [6, 6.07) is 5.69. The topological polar surface area (TPSA) is 80.2 Å². The first kappa shape index (κ1) is 21.3. The second-order valence-corrected chi connectivity index (χ2v) is 8.50. The molecule has 0 aromatic carbocycles. The van der Waals surface area contributed by atoms with Gasteiger partial charge in [-0.1, -0.05) is 5.92 Å². The molecule has 1 amide bonds. The number of anilines is 2. The van der Waals surface area contributed by atoms with Gasteiger partial charge in [0.1, 0.15) is 17.7 Å². The summed E-state index contributed by atoms with van der Waals surface area (Å²) in [5.74, 6) is 5.72. The van der Waals surface area contributed by atoms with Crippen LogP contribution in [0.15, 0.2) is 36.8 Å². The van der Waals surface area contributed by atoms with Crippen molar-refractivity contribution >= 4 is 28.2 Å². The van der Waals surface area contributed by atoms with Crippen molar-refractivity contribution in [3.8, 4) is 11.8 Å². The van der Waals surface area contributed by atoms with Crippen molar-refractivity contribution in [2.45, 2.75) is 32.5 Å². The Morgan fingerprint density at radius 2 is 2.03 bits per heavy atom. The molecule has 4 heterocycles. The van der Waals surface area contributed by atoms with Gasteiger partial charge in [-0.25, -0.2) is 14.4 Å². The molecule has 7 nitrogen and oxygen atoms in total. The predicted octanol–water partition coefficient (Wildman–Crippen LogP) is 3.25. The van der Waals surface area contributed by atoms with E-state index >= 15 is 0 Å². The highest BCUT2D eigenvalue weighted by Crippen LogP contribution is 2.34. The summed E-state index contributed by atoms with van der Waals surface area (Å²) in [5, 5.41) is 4.38. The second kappa shape index (κ2) is 8.75. The Morgan fingerprint density at radius 3 is 2.76 bits per heavy atom. The van der Waals surface area contributed by atoms with Crippen molar-refractivity contribution in [3.63, 3.8) is 0 Å². The molecule has 3 atom stereocenters. The van der Waals surface area contributed by atoms with Crippen molar-refractivity contribution in [3.05, 3.63) is 53.7 Å². The van der Waals surface area contributed by atoms with E-state index in [-0.39, 0.29) is 18.4 Å². The normalized spacial score (nSPS) is 21.9. The van der Waals surface area contributed by atoms with Gasteiger partial charge in [0.15, 0.2) is 0 Å². The first-order valence-corrected chi connectivity index (χ1v) is 11.0. The summed E-state index contributed by atoms with van der Waals surface area (Å²) in [6.45, 7) is 6.35. The molecule has 2 aliphatic rings. The number of nitrogens with zero attached hydrogens (tertiary/aromatic N) is 4. The highest BCUT2D eigenvalue weighted by Gasteiger charge is 2.43. The number of nitrogens with one attached hydrogen (secondary N) is 1. The quantitative estimate of drug-likeness (QED) is 0.624. The van der Waals surface area contributed by atoms with E-state index in [1.807, 2.05) is 25.3 Å². The number of carbonyl (C=O) groups is 1. The van der Waals surface area contributed by atoms with Crippen LogP contribution in [-0.2, 0) is 9.53 Å². The number of ether oxygens (including phenoxy) is 1. The van der Waals surface area contributed by atoms with Crippen LogP contribution in [0.3, 0.4) is 0 Å². The fourth-order valence-corrected chi connectivity index (χ4v) is 3.92. The Labute approximate surface area is 191 Å². The van der Waals surface area contributed by atoms with Gasteiger partial charge in [-0.15, -0.1) is 0 Å². The van der Waals surface area contributed by atoms with Gasteiger partial charge in [0.25, 0.3) is 0 Å². The van der Waals surface area contributed by atoms with Crippen LogP contribution in [0.25, 0.3) is 10.8 Å². The number of carbonyl (C=O) groups excluding carboxylic acids is 1. The number of morpholine rings is 1. The van der Waals surface area contributed by atoms with E-state index in [1.54, 1.807) is 18.5 Å². The monoisotopic (exact) mass is 445 g/mol. The van der Waals surface area contributed by atoms with Crippen LogP contribution in [-0.4, -0.2) is 52.8 Å². The number of halogens is 1.